The zero-order valence-electron chi connectivity index (χ0n) is 14.6. The number of amides is 1. The van der Waals surface area contributed by atoms with E-state index in [0.717, 1.165) is 51.1 Å². The van der Waals surface area contributed by atoms with Gasteiger partial charge in [-0.1, -0.05) is 12.1 Å². The number of carbonyl (C=O) groups excluding carboxylic acids is 1. The third kappa shape index (κ3) is 3.35. The monoisotopic (exact) mass is 327 g/mol. The summed E-state index contributed by atoms with van der Waals surface area (Å²) in [7, 11) is 0. The zero-order chi connectivity index (χ0) is 16.4. The first kappa shape index (κ1) is 16.1. The number of likely N-dealkylation sites (tertiary alicyclic amines) is 2. The number of hydrogen-bond donors (Lipinski definition) is 1. The molecule has 1 amide bonds. The molecule has 3 aliphatic rings. The van der Waals surface area contributed by atoms with Crippen LogP contribution in [-0.2, 0) is 6.54 Å². The summed E-state index contributed by atoms with van der Waals surface area (Å²) in [6.07, 6.45) is 6.20. The summed E-state index contributed by atoms with van der Waals surface area (Å²) in [6, 6.07) is 8.30. The SMILES string of the molecule is O=C(c1cccc(CN2CCCC2)c1)N1CCC2(CCNC2)CC1. The topological polar surface area (TPSA) is 35.6 Å². The molecule has 24 heavy (non-hydrogen) atoms. The van der Waals surface area contributed by atoms with Crippen molar-refractivity contribution in [2.24, 2.45) is 5.41 Å². The Balaban J connectivity index is 1.39. The Kier molecular flexibility index (Phi) is 4.59. The van der Waals surface area contributed by atoms with E-state index in [0.29, 0.717) is 5.41 Å². The number of benzene rings is 1. The maximum absolute atomic E-state index is 12.9. The Morgan fingerprint density at radius 3 is 2.58 bits per heavy atom. The van der Waals surface area contributed by atoms with Gasteiger partial charge in [-0.15, -0.1) is 0 Å². The van der Waals surface area contributed by atoms with Crippen LogP contribution in [0.3, 0.4) is 0 Å². The lowest BCUT2D eigenvalue weighted by Crippen LogP contribution is -2.44. The van der Waals surface area contributed by atoms with Crippen molar-refractivity contribution in [2.45, 2.75) is 38.6 Å². The van der Waals surface area contributed by atoms with Crippen molar-refractivity contribution in [3.05, 3.63) is 35.4 Å². The van der Waals surface area contributed by atoms with Gasteiger partial charge in [0.2, 0.25) is 0 Å². The van der Waals surface area contributed by atoms with Crippen LogP contribution in [0.1, 0.15) is 48.0 Å². The van der Waals surface area contributed by atoms with E-state index in [1.165, 1.54) is 37.9 Å². The average molecular weight is 327 g/mol. The molecule has 0 bridgehead atoms. The van der Waals surface area contributed by atoms with Crippen LogP contribution in [0.15, 0.2) is 24.3 Å². The van der Waals surface area contributed by atoms with E-state index in [1.807, 2.05) is 12.1 Å². The van der Waals surface area contributed by atoms with Gasteiger partial charge in [-0.2, -0.15) is 0 Å². The highest BCUT2D eigenvalue weighted by Gasteiger charge is 2.38. The molecule has 1 N–H and O–H groups in total. The molecule has 130 valence electrons. The Labute approximate surface area is 145 Å². The van der Waals surface area contributed by atoms with Gasteiger partial charge < -0.3 is 10.2 Å². The number of rotatable bonds is 3. The molecule has 0 saturated carbocycles. The summed E-state index contributed by atoms with van der Waals surface area (Å²) < 4.78 is 0. The van der Waals surface area contributed by atoms with Crippen LogP contribution >= 0.6 is 0 Å². The van der Waals surface area contributed by atoms with Gasteiger partial charge in [0.05, 0.1) is 0 Å². The summed E-state index contributed by atoms with van der Waals surface area (Å²) in [5.41, 5.74) is 2.61. The van der Waals surface area contributed by atoms with Crippen LogP contribution in [0.25, 0.3) is 0 Å². The molecule has 0 atom stereocenters. The maximum atomic E-state index is 12.9. The van der Waals surface area contributed by atoms with Crippen molar-refractivity contribution in [2.75, 3.05) is 39.3 Å². The van der Waals surface area contributed by atoms with Gasteiger partial charge in [0.25, 0.3) is 5.91 Å². The first-order valence-electron chi connectivity index (χ1n) is 9.56. The zero-order valence-corrected chi connectivity index (χ0v) is 14.6. The lowest BCUT2D eigenvalue weighted by Gasteiger charge is -2.39. The largest absolute Gasteiger partial charge is 0.339 e. The fraction of sp³-hybridized carbons (Fsp3) is 0.650. The number of nitrogens with one attached hydrogen (secondary N) is 1. The molecule has 0 aromatic heterocycles. The summed E-state index contributed by atoms with van der Waals surface area (Å²) in [6.45, 7) is 7.48. The highest BCUT2D eigenvalue weighted by molar-refractivity contribution is 5.94. The second kappa shape index (κ2) is 6.85. The molecule has 1 spiro atoms. The van der Waals surface area contributed by atoms with E-state index in [9.17, 15) is 4.79 Å². The number of piperidine rings is 1. The fourth-order valence-corrected chi connectivity index (χ4v) is 4.59. The van der Waals surface area contributed by atoms with Gasteiger partial charge in [-0.3, -0.25) is 9.69 Å². The Bertz CT molecular complexity index is 578. The molecule has 4 nitrogen and oxygen atoms in total. The van der Waals surface area contributed by atoms with Crippen molar-refractivity contribution >= 4 is 5.91 Å². The fourth-order valence-electron chi connectivity index (χ4n) is 4.59. The third-order valence-electron chi connectivity index (χ3n) is 6.22. The van der Waals surface area contributed by atoms with Crippen molar-refractivity contribution in [3.63, 3.8) is 0 Å². The second-order valence-electron chi connectivity index (χ2n) is 7.90. The molecule has 3 fully saturated rings. The molecule has 0 radical (unpaired) electrons. The predicted molar refractivity (Wildman–Crippen MR) is 96.0 cm³/mol. The predicted octanol–water partition coefficient (Wildman–Crippen LogP) is 2.50. The Hall–Kier alpha value is -1.39. The van der Waals surface area contributed by atoms with E-state index in [2.05, 4.69) is 27.2 Å². The minimum atomic E-state index is 0.221. The molecule has 3 aliphatic heterocycles. The molecular formula is C20H29N3O. The molecule has 0 aliphatic carbocycles. The Morgan fingerprint density at radius 1 is 1.08 bits per heavy atom. The summed E-state index contributed by atoms with van der Waals surface area (Å²) >= 11 is 0. The standard InChI is InChI=1S/C20H29N3O/c24-19(23-12-7-20(8-13-23)6-9-21-16-20)18-5-3-4-17(14-18)15-22-10-1-2-11-22/h3-5,14,21H,1-2,6-13,15-16H2. The highest BCUT2D eigenvalue weighted by Crippen LogP contribution is 2.37. The second-order valence-corrected chi connectivity index (χ2v) is 7.90. The number of nitrogens with zero attached hydrogens (tertiary/aromatic N) is 2. The lowest BCUT2D eigenvalue weighted by atomic mass is 9.78. The van der Waals surface area contributed by atoms with E-state index in [-0.39, 0.29) is 5.91 Å². The summed E-state index contributed by atoms with van der Waals surface area (Å²) in [5, 5.41) is 3.49. The van der Waals surface area contributed by atoms with Crippen LogP contribution in [0.4, 0.5) is 0 Å². The van der Waals surface area contributed by atoms with E-state index >= 15 is 0 Å². The first-order chi connectivity index (χ1) is 11.7. The number of carbonyl (C=O) groups is 1. The van der Waals surface area contributed by atoms with Gasteiger partial charge >= 0.3 is 0 Å². The van der Waals surface area contributed by atoms with Crippen molar-refractivity contribution in [1.29, 1.82) is 0 Å². The highest BCUT2D eigenvalue weighted by atomic mass is 16.2. The maximum Gasteiger partial charge on any atom is 0.253 e. The molecule has 4 heteroatoms. The summed E-state index contributed by atoms with van der Waals surface area (Å²) in [4.78, 5) is 17.4. The van der Waals surface area contributed by atoms with E-state index < -0.39 is 0 Å². The molecule has 0 unspecified atom stereocenters. The quantitative estimate of drug-likeness (QED) is 0.926. The van der Waals surface area contributed by atoms with Gasteiger partial charge in [-0.05, 0) is 74.8 Å². The van der Waals surface area contributed by atoms with E-state index in [1.54, 1.807) is 0 Å². The minimum Gasteiger partial charge on any atom is -0.339 e. The first-order valence-corrected chi connectivity index (χ1v) is 9.56. The molecular weight excluding hydrogens is 298 g/mol. The molecule has 1 aromatic carbocycles. The number of hydrogen-bond acceptors (Lipinski definition) is 3. The molecule has 4 rings (SSSR count). The van der Waals surface area contributed by atoms with Crippen LogP contribution in [-0.4, -0.2) is 55.0 Å². The van der Waals surface area contributed by atoms with Gasteiger partial charge in [0.1, 0.15) is 0 Å². The van der Waals surface area contributed by atoms with Crippen LogP contribution < -0.4 is 5.32 Å². The third-order valence-corrected chi connectivity index (χ3v) is 6.22. The molecule has 1 aromatic rings. The van der Waals surface area contributed by atoms with Crippen molar-refractivity contribution in [1.82, 2.24) is 15.1 Å². The van der Waals surface area contributed by atoms with Crippen LogP contribution in [0.2, 0.25) is 0 Å². The Morgan fingerprint density at radius 2 is 1.88 bits per heavy atom. The lowest BCUT2D eigenvalue weighted by molar-refractivity contribution is 0.0607. The van der Waals surface area contributed by atoms with Crippen molar-refractivity contribution in [3.8, 4) is 0 Å². The summed E-state index contributed by atoms with van der Waals surface area (Å²) in [5.74, 6) is 0.221. The van der Waals surface area contributed by atoms with E-state index in [4.69, 9.17) is 0 Å². The van der Waals surface area contributed by atoms with Crippen LogP contribution in [0, 0.1) is 5.41 Å². The van der Waals surface area contributed by atoms with Crippen LogP contribution in [0.5, 0.6) is 0 Å². The molecule has 3 heterocycles. The van der Waals surface area contributed by atoms with Gasteiger partial charge in [-0.25, -0.2) is 0 Å². The molecule has 3 saturated heterocycles. The normalized spacial score (nSPS) is 23.9. The minimum absolute atomic E-state index is 0.221. The smallest absolute Gasteiger partial charge is 0.253 e. The van der Waals surface area contributed by atoms with Gasteiger partial charge in [0.15, 0.2) is 0 Å². The average Bonchev–Trinajstić information content (AvgIpc) is 3.28. The van der Waals surface area contributed by atoms with Gasteiger partial charge in [0, 0.05) is 31.7 Å². The van der Waals surface area contributed by atoms with Crippen molar-refractivity contribution < 1.29 is 4.79 Å².